The minimum Gasteiger partial charge on any atom is -0.456 e. The third-order valence-corrected chi connectivity index (χ3v) is 5.78. The summed E-state index contributed by atoms with van der Waals surface area (Å²) >= 11 is 5.89. The number of halogens is 1. The van der Waals surface area contributed by atoms with Crippen LogP contribution in [0.3, 0.4) is 0 Å². The number of carbonyl (C=O) groups is 3. The minimum absolute atomic E-state index is 0.141. The molecular formula is C25H25ClN4O4. The third-order valence-electron chi connectivity index (χ3n) is 5.53. The summed E-state index contributed by atoms with van der Waals surface area (Å²) in [7, 11) is 0. The van der Waals surface area contributed by atoms with Gasteiger partial charge in [0.05, 0.1) is 17.8 Å². The molecular weight excluding hydrogens is 456 g/mol. The molecule has 9 heteroatoms. The molecule has 0 aliphatic carbocycles. The number of benzene rings is 2. The van der Waals surface area contributed by atoms with E-state index in [4.69, 9.17) is 16.0 Å². The molecule has 1 aromatic heterocycles. The van der Waals surface area contributed by atoms with Gasteiger partial charge in [0.1, 0.15) is 5.76 Å². The van der Waals surface area contributed by atoms with Crippen LogP contribution in [-0.2, 0) is 4.79 Å². The lowest BCUT2D eigenvalue weighted by molar-refractivity contribution is -0.117. The Bertz CT molecular complexity index is 1180. The van der Waals surface area contributed by atoms with Crippen molar-refractivity contribution in [1.82, 2.24) is 9.80 Å². The van der Waals surface area contributed by atoms with Gasteiger partial charge in [-0.15, -0.1) is 0 Å². The van der Waals surface area contributed by atoms with Gasteiger partial charge < -0.3 is 20.0 Å². The predicted octanol–water partition coefficient (Wildman–Crippen LogP) is 3.89. The molecule has 34 heavy (non-hydrogen) atoms. The zero-order valence-corrected chi connectivity index (χ0v) is 19.5. The standard InChI is InChI=1S/C25H25ClN4O4/c1-17-6-11-22(34-17)25(33)30-14-12-29(13-15-30)16-23(31)28-21-5-3-2-4-20(21)24(32)27-19-9-7-18(26)8-10-19/h2-11H,12-16H2,1H3,(H,27,32)(H,28,31). The Balaban J connectivity index is 1.31. The van der Waals surface area contributed by atoms with E-state index in [2.05, 4.69) is 10.6 Å². The second-order valence-electron chi connectivity index (χ2n) is 8.03. The highest BCUT2D eigenvalue weighted by Crippen LogP contribution is 2.19. The molecule has 0 spiro atoms. The van der Waals surface area contributed by atoms with Crippen LogP contribution in [0, 0.1) is 6.92 Å². The first kappa shape index (κ1) is 23.5. The number of piperazine rings is 1. The molecule has 1 fully saturated rings. The summed E-state index contributed by atoms with van der Waals surface area (Å²) in [6.45, 7) is 4.11. The second kappa shape index (κ2) is 10.5. The first-order valence-corrected chi connectivity index (χ1v) is 11.3. The molecule has 3 amide bonds. The largest absolute Gasteiger partial charge is 0.456 e. The third kappa shape index (κ3) is 5.84. The van der Waals surface area contributed by atoms with Crippen molar-refractivity contribution in [3.05, 3.63) is 82.8 Å². The number of hydrogen-bond acceptors (Lipinski definition) is 5. The zero-order chi connectivity index (χ0) is 24.1. The highest BCUT2D eigenvalue weighted by atomic mass is 35.5. The Kier molecular flexibility index (Phi) is 7.30. The first-order chi connectivity index (χ1) is 16.4. The summed E-state index contributed by atoms with van der Waals surface area (Å²) in [6.07, 6.45) is 0. The number of anilines is 2. The number of nitrogens with one attached hydrogen (secondary N) is 2. The van der Waals surface area contributed by atoms with Gasteiger partial charge in [0.2, 0.25) is 5.91 Å². The van der Waals surface area contributed by atoms with Crippen LogP contribution in [0.1, 0.15) is 26.7 Å². The number of rotatable bonds is 6. The van der Waals surface area contributed by atoms with Crippen molar-refractivity contribution < 1.29 is 18.8 Å². The lowest BCUT2D eigenvalue weighted by atomic mass is 10.1. The molecule has 1 aliphatic heterocycles. The molecule has 1 saturated heterocycles. The lowest BCUT2D eigenvalue weighted by Gasteiger charge is -2.33. The van der Waals surface area contributed by atoms with Crippen LogP contribution in [0.5, 0.6) is 0 Å². The fourth-order valence-corrected chi connectivity index (χ4v) is 3.85. The van der Waals surface area contributed by atoms with E-state index in [1.165, 1.54) is 0 Å². The minimum atomic E-state index is -0.335. The van der Waals surface area contributed by atoms with Gasteiger partial charge in [-0.1, -0.05) is 23.7 Å². The van der Waals surface area contributed by atoms with E-state index in [0.29, 0.717) is 59.7 Å². The zero-order valence-electron chi connectivity index (χ0n) is 18.7. The van der Waals surface area contributed by atoms with E-state index in [1.807, 2.05) is 4.90 Å². The molecule has 4 rings (SSSR count). The summed E-state index contributed by atoms with van der Waals surface area (Å²) in [5, 5.41) is 6.22. The quantitative estimate of drug-likeness (QED) is 0.558. The smallest absolute Gasteiger partial charge is 0.289 e. The van der Waals surface area contributed by atoms with Gasteiger partial charge in [0.15, 0.2) is 5.76 Å². The van der Waals surface area contributed by atoms with E-state index in [-0.39, 0.29) is 24.3 Å². The van der Waals surface area contributed by atoms with Gasteiger partial charge in [-0.05, 0) is 55.5 Å². The van der Waals surface area contributed by atoms with Crippen LogP contribution in [0.25, 0.3) is 0 Å². The molecule has 176 valence electrons. The number of hydrogen-bond donors (Lipinski definition) is 2. The van der Waals surface area contributed by atoms with Crippen LogP contribution in [-0.4, -0.2) is 60.2 Å². The average molecular weight is 481 g/mol. The first-order valence-electron chi connectivity index (χ1n) is 10.9. The van der Waals surface area contributed by atoms with E-state index < -0.39 is 0 Å². The van der Waals surface area contributed by atoms with Crippen molar-refractivity contribution in [3.63, 3.8) is 0 Å². The van der Waals surface area contributed by atoms with Crippen LogP contribution in [0.4, 0.5) is 11.4 Å². The number of para-hydroxylation sites is 1. The lowest BCUT2D eigenvalue weighted by Crippen LogP contribution is -2.50. The maximum Gasteiger partial charge on any atom is 0.289 e. The Hall–Kier alpha value is -3.62. The normalized spacial score (nSPS) is 14.0. The van der Waals surface area contributed by atoms with Crippen molar-refractivity contribution in [2.75, 3.05) is 43.4 Å². The number of amides is 3. The number of furan rings is 1. The van der Waals surface area contributed by atoms with Gasteiger partial charge in [-0.25, -0.2) is 0 Å². The van der Waals surface area contributed by atoms with Crippen LogP contribution in [0.15, 0.2) is 65.1 Å². The Morgan fingerprint density at radius 1 is 0.912 bits per heavy atom. The summed E-state index contributed by atoms with van der Waals surface area (Å²) < 4.78 is 5.42. The molecule has 0 saturated carbocycles. The van der Waals surface area contributed by atoms with Crippen molar-refractivity contribution in [1.29, 1.82) is 0 Å². The molecule has 0 bridgehead atoms. The van der Waals surface area contributed by atoms with Crippen molar-refractivity contribution in [2.45, 2.75) is 6.92 Å². The highest BCUT2D eigenvalue weighted by molar-refractivity contribution is 6.30. The van der Waals surface area contributed by atoms with Gasteiger partial charge in [-0.3, -0.25) is 19.3 Å². The van der Waals surface area contributed by atoms with Crippen LogP contribution in [0.2, 0.25) is 5.02 Å². The van der Waals surface area contributed by atoms with Crippen molar-refractivity contribution in [2.24, 2.45) is 0 Å². The molecule has 0 atom stereocenters. The van der Waals surface area contributed by atoms with Gasteiger partial charge in [0, 0.05) is 36.9 Å². The van der Waals surface area contributed by atoms with Crippen LogP contribution < -0.4 is 10.6 Å². The maximum absolute atomic E-state index is 12.8. The molecule has 2 aromatic carbocycles. The fourth-order valence-electron chi connectivity index (χ4n) is 3.73. The van der Waals surface area contributed by atoms with E-state index in [9.17, 15) is 14.4 Å². The molecule has 2 N–H and O–H groups in total. The molecule has 0 unspecified atom stereocenters. The number of aryl methyl sites for hydroxylation is 1. The van der Waals surface area contributed by atoms with E-state index >= 15 is 0 Å². The van der Waals surface area contributed by atoms with E-state index in [1.54, 1.807) is 72.5 Å². The molecule has 1 aliphatic rings. The summed E-state index contributed by atoms with van der Waals surface area (Å²) in [4.78, 5) is 41.7. The van der Waals surface area contributed by atoms with E-state index in [0.717, 1.165) is 0 Å². The van der Waals surface area contributed by atoms with Crippen molar-refractivity contribution >= 4 is 40.7 Å². The Morgan fingerprint density at radius 3 is 2.29 bits per heavy atom. The fraction of sp³-hybridized carbons (Fsp3) is 0.240. The Labute approximate surface area is 202 Å². The predicted molar refractivity (Wildman–Crippen MR) is 130 cm³/mol. The summed E-state index contributed by atoms with van der Waals surface area (Å²) in [5.41, 5.74) is 1.39. The summed E-state index contributed by atoms with van der Waals surface area (Å²) in [6, 6.07) is 17.1. The highest BCUT2D eigenvalue weighted by Gasteiger charge is 2.25. The topological polar surface area (TPSA) is 94.9 Å². The van der Waals surface area contributed by atoms with Gasteiger partial charge in [-0.2, -0.15) is 0 Å². The average Bonchev–Trinajstić information content (AvgIpc) is 3.27. The molecule has 3 aromatic rings. The number of nitrogens with zero attached hydrogens (tertiary/aromatic N) is 2. The Morgan fingerprint density at radius 2 is 1.62 bits per heavy atom. The van der Waals surface area contributed by atoms with Crippen molar-refractivity contribution in [3.8, 4) is 0 Å². The molecule has 8 nitrogen and oxygen atoms in total. The molecule has 2 heterocycles. The molecule has 0 radical (unpaired) electrons. The monoisotopic (exact) mass is 480 g/mol. The van der Waals surface area contributed by atoms with Crippen LogP contribution >= 0.6 is 11.6 Å². The number of carbonyl (C=O) groups excluding carboxylic acids is 3. The van der Waals surface area contributed by atoms with Gasteiger partial charge in [0.25, 0.3) is 11.8 Å². The maximum atomic E-state index is 12.8. The second-order valence-corrected chi connectivity index (χ2v) is 8.47. The van der Waals surface area contributed by atoms with Gasteiger partial charge >= 0.3 is 0 Å². The SMILES string of the molecule is Cc1ccc(C(=O)N2CCN(CC(=O)Nc3ccccc3C(=O)Nc3ccc(Cl)cc3)CC2)o1. The summed E-state index contributed by atoms with van der Waals surface area (Å²) in [5.74, 6) is 0.322.